The van der Waals surface area contributed by atoms with Crippen LogP contribution in [-0.2, 0) is 6.61 Å². The second-order valence-corrected chi connectivity index (χ2v) is 6.26. The minimum Gasteiger partial charge on any atom is -0.497 e. The first-order chi connectivity index (χ1) is 12.5. The van der Waals surface area contributed by atoms with E-state index in [0.717, 1.165) is 11.3 Å². The summed E-state index contributed by atoms with van der Waals surface area (Å²) in [6, 6.07) is 10.8. The van der Waals surface area contributed by atoms with Crippen LogP contribution in [0, 0.1) is 0 Å². The van der Waals surface area contributed by atoms with E-state index >= 15 is 0 Å². The zero-order chi connectivity index (χ0) is 18.7. The summed E-state index contributed by atoms with van der Waals surface area (Å²) in [6.07, 6.45) is 1.43. The van der Waals surface area contributed by atoms with Gasteiger partial charge in [-0.1, -0.05) is 35.3 Å². The topological polar surface area (TPSA) is 66.2 Å². The Labute approximate surface area is 160 Å². The first-order valence-corrected chi connectivity index (χ1v) is 8.41. The van der Waals surface area contributed by atoms with E-state index in [0.29, 0.717) is 28.1 Å². The zero-order valence-corrected chi connectivity index (χ0v) is 15.6. The lowest BCUT2D eigenvalue weighted by Crippen LogP contribution is -2.01. The Morgan fingerprint density at radius 3 is 2.35 bits per heavy atom. The number of Topliss-reactive ketones (excluding diaryl/α,β-unsaturated/α-hetero) is 1. The zero-order valence-electron chi connectivity index (χ0n) is 14.1. The number of carbonyl (C=O) groups is 1. The van der Waals surface area contributed by atoms with E-state index < -0.39 is 0 Å². The van der Waals surface area contributed by atoms with Gasteiger partial charge in [-0.05, 0) is 29.8 Å². The van der Waals surface area contributed by atoms with Crippen molar-refractivity contribution in [3.63, 3.8) is 0 Å². The fourth-order valence-corrected chi connectivity index (χ4v) is 2.83. The van der Waals surface area contributed by atoms with Gasteiger partial charge >= 0.3 is 0 Å². The smallest absolute Gasteiger partial charge is 0.217 e. The molecular formula is C18H15Cl2N3O3. The van der Waals surface area contributed by atoms with Crippen molar-refractivity contribution in [3.8, 4) is 17.2 Å². The molecule has 0 fully saturated rings. The number of aromatic nitrogens is 3. The number of ketones is 1. The SMILES string of the molecule is COc1ccc(COc2c(Cl)cc(-n3cnc(C(C)=O)n3)cc2Cl)cc1. The maximum absolute atomic E-state index is 11.3. The molecule has 0 aliphatic heterocycles. The van der Waals surface area contributed by atoms with Crippen molar-refractivity contribution >= 4 is 29.0 Å². The summed E-state index contributed by atoms with van der Waals surface area (Å²) in [5.74, 6) is 1.05. The van der Waals surface area contributed by atoms with Crippen molar-refractivity contribution in [2.75, 3.05) is 7.11 Å². The first kappa shape index (κ1) is 18.2. The van der Waals surface area contributed by atoms with Gasteiger partial charge in [-0.2, -0.15) is 0 Å². The molecule has 0 aliphatic rings. The van der Waals surface area contributed by atoms with Crippen LogP contribution in [0.5, 0.6) is 11.5 Å². The van der Waals surface area contributed by atoms with Gasteiger partial charge in [0.05, 0.1) is 22.8 Å². The summed E-state index contributed by atoms with van der Waals surface area (Å²) in [7, 11) is 1.61. The van der Waals surface area contributed by atoms with Crippen LogP contribution in [0.15, 0.2) is 42.7 Å². The van der Waals surface area contributed by atoms with Crippen LogP contribution in [-0.4, -0.2) is 27.7 Å². The molecule has 6 nitrogen and oxygen atoms in total. The minimum absolute atomic E-state index is 0.122. The highest BCUT2D eigenvalue weighted by Gasteiger charge is 2.13. The summed E-state index contributed by atoms with van der Waals surface area (Å²) < 4.78 is 12.3. The Kier molecular flexibility index (Phi) is 5.44. The van der Waals surface area contributed by atoms with Crippen molar-refractivity contribution in [2.45, 2.75) is 13.5 Å². The number of hydrogen-bond acceptors (Lipinski definition) is 5. The molecule has 26 heavy (non-hydrogen) atoms. The number of benzene rings is 2. The third-order valence-electron chi connectivity index (χ3n) is 3.60. The Bertz CT molecular complexity index is 916. The average Bonchev–Trinajstić information content (AvgIpc) is 3.12. The predicted octanol–water partition coefficient (Wildman–Crippen LogP) is 4.36. The van der Waals surface area contributed by atoms with Crippen LogP contribution in [0.2, 0.25) is 10.0 Å². The Morgan fingerprint density at radius 2 is 1.81 bits per heavy atom. The van der Waals surface area contributed by atoms with E-state index in [2.05, 4.69) is 10.1 Å². The van der Waals surface area contributed by atoms with Gasteiger partial charge in [0.15, 0.2) is 11.5 Å². The highest BCUT2D eigenvalue weighted by Crippen LogP contribution is 2.35. The summed E-state index contributed by atoms with van der Waals surface area (Å²) in [5, 5.41) is 4.76. The minimum atomic E-state index is -0.222. The highest BCUT2D eigenvalue weighted by atomic mass is 35.5. The van der Waals surface area contributed by atoms with Crippen molar-refractivity contribution in [1.29, 1.82) is 0 Å². The molecule has 0 N–H and O–H groups in total. The average molecular weight is 392 g/mol. The molecule has 134 valence electrons. The third kappa shape index (κ3) is 3.98. The molecular weight excluding hydrogens is 377 g/mol. The molecule has 0 radical (unpaired) electrons. The third-order valence-corrected chi connectivity index (χ3v) is 4.16. The van der Waals surface area contributed by atoms with Gasteiger partial charge in [0.2, 0.25) is 5.82 Å². The molecule has 0 spiro atoms. The van der Waals surface area contributed by atoms with Gasteiger partial charge in [-0.25, -0.2) is 9.67 Å². The molecule has 2 aromatic carbocycles. The van der Waals surface area contributed by atoms with Gasteiger partial charge < -0.3 is 9.47 Å². The molecule has 1 aromatic heterocycles. The Balaban J connectivity index is 1.79. The van der Waals surface area contributed by atoms with Crippen LogP contribution < -0.4 is 9.47 Å². The number of carbonyl (C=O) groups excluding carboxylic acids is 1. The largest absolute Gasteiger partial charge is 0.497 e. The maximum Gasteiger partial charge on any atom is 0.217 e. The first-order valence-electron chi connectivity index (χ1n) is 7.65. The van der Waals surface area contributed by atoms with Gasteiger partial charge in [-0.15, -0.1) is 5.10 Å². The lowest BCUT2D eigenvalue weighted by Gasteiger charge is -2.12. The van der Waals surface area contributed by atoms with Crippen LogP contribution in [0.25, 0.3) is 5.69 Å². The van der Waals surface area contributed by atoms with E-state index in [9.17, 15) is 4.79 Å². The monoisotopic (exact) mass is 391 g/mol. The van der Waals surface area contributed by atoms with E-state index in [-0.39, 0.29) is 11.6 Å². The predicted molar refractivity (Wildman–Crippen MR) is 98.7 cm³/mol. The van der Waals surface area contributed by atoms with Gasteiger partial charge in [0.1, 0.15) is 18.7 Å². The van der Waals surface area contributed by atoms with Gasteiger partial charge in [0, 0.05) is 6.92 Å². The number of methoxy groups -OCH3 is 1. The molecule has 3 rings (SSSR count). The standard InChI is InChI=1S/C18H15Cl2N3O3/c1-11(24)18-21-10-23(22-18)13-7-15(19)17(16(20)8-13)26-9-12-3-5-14(25-2)6-4-12/h3-8,10H,9H2,1-2H3. The van der Waals surface area contributed by atoms with Crippen molar-refractivity contribution < 1.29 is 14.3 Å². The summed E-state index contributed by atoms with van der Waals surface area (Å²) >= 11 is 12.6. The molecule has 8 heteroatoms. The van der Waals surface area contributed by atoms with E-state index in [1.165, 1.54) is 17.9 Å². The molecule has 0 saturated heterocycles. The van der Waals surface area contributed by atoms with Gasteiger partial charge in [-0.3, -0.25) is 4.79 Å². The van der Waals surface area contributed by atoms with Crippen molar-refractivity contribution in [3.05, 3.63) is 64.2 Å². The van der Waals surface area contributed by atoms with Crippen LogP contribution in [0.1, 0.15) is 23.1 Å². The van der Waals surface area contributed by atoms with E-state index in [1.54, 1.807) is 19.2 Å². The lowest BCUT2D eigenvalue weighted by molar-refractivity contribution is 0.100. The molecule has 1 heterocycles. The summed E-state index contributed by atoms with van der Waals surface area (Å²) in [5.41, 5.74) is 1.53. The number of rotatable bonds is 6. The number of halogens is 2. The van der Waals surface area contributed by atoms with Crippen LogP contribution in [0.3, 0.4) is 0 Å². The fourth-order valence-electron chi connectivity index (χ4n) is 2.24. The summed E-state index contributed by atoms with van der Waals surface area (Å²) in [6.45, 7) is 1.70. The molecule has 0 aliphatic carbocycles. The van der Waals surface area contributed by atoms with Gasteiger partial charge in [0.25, 0.3) is 0 Å². The second-order valence-electron chi connectivity index (χ2n) is 5.44. The van der Waals surface area contributed by atoms with Crippen molar-refractivity contribution in [2.24, 2.45) is 0 Å². The molecule has 0 amide bonds. The molecule has 0 bridgehead atoms. The Hall–Kier alpha value is -2.57. The second kappa shape index (κ2) is 7.76. The maximum atomic E-state index is 11.3. The van der Waals surface area contributed by atoms with E-state index in [4.69, 9.17) is 32.7 Å². The number of hydrogen-bond donors (Lipinski definition) is 0. The molecule has 3 aromatic rings. The van der Waals surface area contributed by atoms with Crippen LogP contribution >= 0.6 is 23.2 Å². The molecule has 0 saturated carbocycles. The lowest BCUT2D eigenvalue weighted by atomic mass is 10.2. The number of ether oxygens (including phenoxy) is 2. The fraction of sp³-hybridized carbons (Fsp3) is 0.167. The van der Waals surface area contributed by atoms with Crippen LogP contribution in [0.4, 0.5) is 0 Å². The quantitative estimate of drug-likeness (QED) is 0.583. The Morgan fingerprint density at radius 1 is 1.15 bits per heavy atom. The highest BCUT2D eigenvalue weighted by molar-refractivity contribution is 6.37. The number of nitrogens with zero attached hydrogens (tertiary/aromatic N) is 3. The molecule has 0 unspecified atom stereocenters. The summed E-state index contributed by atoms with van der Waals surface area (Å²) in [4.78, 5) is 15.3. The normalized spacial score (nSPS) is 10.6. The van der Waals surface area contributed by atoms with Crippen molar-refractivity contribution in [1.82, 2.24) is 14.8 Å². The molecule has 0 atom stereocenters. The van der Waals surface area contributed by atoms with E-state index in [1.807, 2.05) is 24.3 Å².